The van der Waals surface area contributed by atoms with Crippen molar-refractivity contribution in [2.24, 2.45) is 0 Å². The topological polar surface area (TPSA) is 0 Å². The second-order valence-electron chi connectivity index (χ2n) is 11.0. The SMILES string of the molecule is CCc1cccc(C2=C(c3cccc(C)c3)C(c3cccc(C)c3)=C(c3cccc(CC)c3)[Si]2(C)C)c1. The zero-order valence-electron chi connectivity index (χ0n) is 23.2. The summed E-state index contributed by atoms with van der Waals surface area (Å²) in [6.45, 7) is 14.1. The lowest BCUT2D eigenvalue weighted by Gasteiger charge is -2.27. The summed E-state index contributed by atoms with van der Waals surface area (Å²) in [7, 11) is -2.12. The Morgan fingerprint density at radius 1 is 0.486 bits per heavy atom. The van der Waals surface area contributed by atoms with Crippen LogP contribution in [0.2, 0.25) is 13.1 Å². The van der Waals surface area contributed by atoms with Crippen LogP contribution in [0.15, 0.2) is 97.1 Å². The van der Waals surface area contributed by atoms with Crippen LogP contribution in [-0.4, -0.2) is 8.07 Å². The Labute approximate surface area is 224 Å². The summed E-state index contributed by atoms with van der Waals surface area (Å²) in [4.78, 5) is 0. The lowest BCUT2D eigenvalue weighted by atomic mass is 9.88. The minimum absolute atomic E-state index is 1.05. The molecule has 37 heavy (non-hydrogen) atoms. The van der Waals surface area contributed by atoms with Gasteiger partial charge >= 0.3 is 0 Å². The summed E-state index contributed by atoms with van der Waals surface area (Å²) in [6.07, 6.45) is 2.10. The van der Waals surface area contributed by atoms with Crippen LogP contribution in [-0.2, 0) is 12.8 Å². The van der Waals surface area contributed by atoms with Gasteiger partial charge in [-0.2, -0.15) is 0 Å². The summed E-state index contributed by atoms with van der Waals surface area (Å²) in [5.41, 5.74) is 13.7. The van der Waals surface area contributed by atoms with Crippen LogP contribution in [0.4, 0.5) is 0 Å². The maximum absolute atomic E-state index is 2.56. The van der Waals surface area contributed by atoms with E-state index < -0.39 is 8.07 Å². The average molecular weight is 499 g/mol. The van der Waals surface area contributed by atoms with Crippen LogP contribution < -0.4 is 0 Å². The fourth-order valence-corrected chi connectivity index (χ4v) is 9.88. The Kier molecular flexibility index (Phi) is 6.92. The summed E-state index contributed by atoms with van der Waals surface area (Å²) in [5.74, 6) is 0. The van der Waals surface area contributed by atoms with Gasteiger partial charge in [0.15, 0.2) is 0 Å². The summed E-state index contributed by atoms with van der Waals surface area (Å²) < 4.78 is 0. The van der Waals surface area contributed by atoms with Crippen molar-refractivity contribution in [2.75, 3.05) is 0 Å². The normalized spacial score (nSPS) is 15.0. The lowest BCUT2D eigenvalue weighted by Crippen LogP contribution is -2.28. The molecule has 0 radical (unpaired) electrons. The highest BCUT2D eigenvalue weighted by molar-refractivity contribution is 7.13. The minimum Gasteiger partial charge on any atom is -0.0615 e. The number of rotatable bonds is 6. The van der Waals surface area contributed by atoms with Crippen molar-refractivity contribution >= 4 is 29.6 Å². The first kappa shape index (κ1) is 25.2. The van der Waals surface area contributed by atoms with E-state index in [0.29, 0.717) is 0 Å². The molecule has 0 amide bonds. The molecule has 0 aromatic heterocycles. The second kappa shape index (κ2) is 10.1. The van der Waals surface area contributed by atoms with Gasteiger partial charge < -0.3 is 0 Å². The molecule has 0 unspecified atom stereocenters. The van der Waals surface area contributed by atoms with Crippen LogP contribution in [0.25, 0.3) is 21.5 Å². The molecule has 5 rings (SSSR count). The van der Waals surface area contributed by atoms with E-state index in [1.54, 1.807) is 10.4 Å². The van der Waals surface area contributed by atoms with Crippen LogP contribution in [0.5, 0.6) is 0 Å². The summed E-state index contributed by atoms with van der Waals surface area (Å²) in [6, 6.07) is 36.9. The van der Waals surface area contributed by atoms with Gasteiger partial charge in [-0.15, -0.1) is 0 Å². The number of hydrogen-bond acceptors (Lipinski definition) is 0. The van der Waals surface area contributed by atoms with Crippen molar-refractivity contribution < 1.29 is 0 Å². The average Bonchev–Trinajstić information content (AvgIpc) is 3.15. The van der Waals surface area contributed by atoms with Crippen molar-refractivity contribution in [1.82, 2.24) is 0 Å². The molecule has 4 aromatic rings. The van der Waals surface area contributed by atoms with Crippen LogP contribution in [0.3, 0.4) is 0 Å². The standard InChI is InChI=1S/C36H38Si/c1-7-27-15-11-19-31(23-27)35-33(29-17-9-13-25(3)21-29)34(30-18-10-14-26(4)22-30)36(37(35,5)6)32-20-12-16-28(8-2)24-32/h9-24H,7-8H2,1-6H3. The predicted molar refractivity (Wildman–Crippen MR) is 165 cm³/mol. The van der Waals surface area contributed by atoms with Crippen LogP contribution >= 0.6 is 0 Å². The van der Waals surface area contributed by atoms with Gasteiger partial charge in [0.25, 0.3) is 0 Å². The number of allylic oxidation sites excluding steroid dienone is 2. The second-order valence-corrected chi connectivity index (χ2v) is 15.2. The molecule has 186 valence electrons. The van der Waals surface area contributed by atoms with Crippen molar-refractivity contribution in [1.29, 1.82) is 0 Å². The number of hydrogen-bond donors (Lipinski definition) is 0. The number of benzene rings is 4. The van der Waals surface area contributed by atoms with Crippen LogP contribution in [0, 0.1) is 13.8 Å². The van der Waals surface area contributed by atoms with Gasteiger partial charge in [0.1, 0.15) is 8.07 Å². The minimum atomic E-state index is -2.12. The first-order chi connectivity index (χ1) is 17.8. The molecule has 1 heterocycles. The third-order valence-electron chi connectivity index (χ3n) is 7.86. The highest BCUT2D eigenvalue weighted by Gasteiger charge is 2.43. The third kappa shape index (κ3) is 4.69. The van der Waals surface area contributed by atoms with E-state index in [4.69, 9.17) is 0 Å². The molecular weight excluding hydrogens is 460 g/mol. The fourth-order valence-electron chi connectivity index (χ4n) is 6.08. The van der Waals surface area contributed by atoms with E-state index in [1.807, 2.05) is 0 Å². The predicted octanol–water partition coefficient (Wildman–Crippen LogP) is 9.75. The van der Waals surface area contributed by atoms with E-state index in [2.05, 4.69) is 138 Å². The Morgan fingerprint density at radius 3 is 1.24 bits per heavy atom. The molecule has 0 atom stereocenters. The van der Waals surface area contributed by atoms with Gasteiger partial charge in [0, 0.05) is 0 Å². The molecular formula is C36H38Si. The van der Waals surface area contributed by atoms with Crippen molar-refractivity contribution in [3.05, 3.63) is 142 Å². The van der Waals surface area contributed by atoms with Crippen molar-refractivity contribution in [2.45, 2.75) is 53.6 Å². The molecule has 1 heteroatoms. The Hall–Kier alpha value is -3.42. The Bertz CT molecular complexity index is 1410. The molecule has 1 aliphatic rings. The molecule has 4 aromatic carbocycles. The quantitative estimate of drug-likeness (QED) is 0.232. The monoisotopic (exact) mass is 498 g/mol. The molecule has 0 N–H and O–H groups in total. The molecule has 0 fully saturated rings. The van der Waals surface area contributed by atoms with Gasteiger partial charge in [0.05, 0.1) is 0 Å². The van der Waals surface area contributed by atoms with E-state index in [1.165, 1.54) is 55.7 Å². The van der Waals surface area contributed by atoms with Crippen LogP contribution in [0.1, 0.15) is 58.4 Å². The summed E-state index contributed by atoms with van der Waals surface area (Å²) in [5, 5.41) is 3.11. The molecule has 0 bridgehead atoms. The van der Waals surface area contributed by atoms with Gasteiger partial charge in [-0.1, -0.05) is 135 Å². The summed E-state index contributed by atoms with van der Waals surface area (Å²) >= 11 is 0. The third-order valence-corrected chi connectivity index (χ3v) is 11.4. The van der Waals surface area contributed by atoms with Gasteiger partial charge in [-0.3, -0.25) is 0 Å². The van der Waals surface area contributed by atoms with Gasteiger partial charge in [-0.05, 0) is 81.6 Å². The zero-order chi connectivity index (χ0) is 26.2. The fraction of sp³-hybridized carbons (Fsp3) is 0.222. The van der Waals surface area contributed by atoms with Gasteiger partial charge in [-0.25, -0.2) is 0 Å². The van der Waals surface area contributed by atoms with E-state index >= 15 is 0 Å². The number of aryl methyl sites for hydroxylation is 4. The van der Waals surface area contributed by atoms with E-state index in [-0.39, 0.29) is 0 Å². The maximum Gasteiger partial charge on any atom is 0.115 e. The lowest BCUT2D eigenvalue weighted by molar-refractivity contribution is 1.14. The Morgan fingerprint density at radius 2 is 0.865 bits per heavy atom. The molecule has 0 nitrogen and oxygen atoms in total. The smallest absolute Gasteiger partial charge is 0.0615 e. The van der Waals surface area contributed by atoms with E-state index in [9.17, 15) is 0 Å². The van der Waals surface area contributed by atoms with Crippen molar-refractivity contribution in [3.63, 3.8) is 0 Å². The maximum atomic E-state index is 2.56. The molecule has 0 spiro atoms. The molecule has 0 saturated heterocycles. The van der Waals surface area contributed by atoms with Gasteiger partial charge in [0.2, 0.25) is 0 Å². The zero-order valence-corrected chi connectivity index (χ0v) is 24.2. The Balaban J connectivity index is 1.93. The first-order valence-corrected chi connectivity index (χ1v) is 16.7. The molecule has 1 aliphatic heterocycles. The molecule has 0 aliphatic carbocycles. The molecule has 0 saturated carbocycles. The van der Waals surface area contributed by atoms with E-state index in [0.717, 1.165) is 12.8 Å². The highest BCUT2D eigenvalue weighted by atomic mass is 28.3. The van der Waals surface area contributed by atoms with Crippen molar-refractivity contribution in [3.8, 4) is 0 Å². The highest BCUT2D eigenvalue weighted by Crippen LogP contribution is 2.55. The largest absolute Gasteiger partial charge is 0.115 e. The first-order valence-electron chi connectivity index (χ1n) is 13.7.